The van der Waals surface area contributed by atoms with Crippen LogP contribution in [0.3, 0.4) is 0 Å². The van der Waals surface area contributed by atoms with Gasteiger partial charge in [0, 0.05) is 0 Å². The number of oxazole rings is 1. The Morgan fingerprint density at radius 3 is 2.74 bits per heavy atom. The summed E-state index contributed by atoms with van der Waals surface area (Å²) in [4.78, 5) is 13.5. The Hall–Kier alpha value is -1.88. The van der Waals surface area contributed by atoms with E-state index in [9.17, 15) is 9.18 Å². The van der Waals surface area contributed by atoms with E-state index in [-0.39, 0.29) is 10.6 Å². The van der Waals surface area contributed by atoms with Gasteiger partial charge in [0.05, 0.1) is 10.3 Å². The van der Waals surface area contributed by atoms with Crippen molar-refractivity contribution in [1.29, 1.82) is 0 Å². The van der Waals surface area contributed by atoms with E-state index >= 15 is 0 Å². The zero-order valence-corrected chi connectivity index (χ0v) is 11.3. The zero-order valence-electron chi connectivity index (χ0n) is 9.69. The second-order valence-corrected chi connectivity index (χ2v) is 5.10. The second-order valence-electron chi connectivity index (χ2n) is 4.19. The summed E-state index contributed by atoms with van der Waals surface area (Å²) in [5.41, 5.74) is 2.83. The van der Waals surface area contributed by atoms with Crippen molar-refractivity contribution in [2.75, 3.05) is 0 Å². The van der Waals surface area contributed by atoms with Gasteiger partial charge in [-0.05, 0) is 35.4 Å². The molecule has 1 atom stereocenters. The van der Waals surface area contributed by atoms with Gasteiger partial charge in [-0.1, -0.05) is 34.1 Å². The molecule has 0 amide bonds. The normalized spacial score (nSPS) is 12.7. The molecule has 1 unspecified atom stereocenters. The molecule has 3 nitrogen and oxygen atoms in total. The van der Waals surface area contributed by atoms with Gasteiger partial charge in [-0.15, -0.1) is 0 Å². The van der Waals surface area contributed by atoms with E-state index in [4.69, 9.17) is 4.42 Å². The molecule has 5 heteroatoms. The molecule has 2 aromatic carbocycles. The van der Waals surface area contributed by atoms with Crippen molar-refractivity contribution in [2.45, 2.75) is 4.83 Å². The van der Waals surface area contributed by atoms with Crippen LogP contribution in [0.4, 0.5) is 4.39 Å². The topological polar surface area (TPSA) is 46.0 Å². The monoisotopic (exact) mass is 321 g/mol. The zero-order chi connectivity index (χ0) is 13.4. The van der Waals surface area contributed by atoms with Gasteiger partial charge < -0.3 is 4.42 Å². The summed E-state index contributed by atoms with van der Waals surface area (Å²) in [6.45, 7) is 0. The predicted molar refractivity (Wildman–Crippen MR) is 74.0 cm³/mol. The van der Waals surface area contributed by atoms with Gasteiger partial charge >= 0.3 is 5.76 Å². The summed E-state index contributed by atoms with van der Waals surface area (Å²) in [7, 11) is 0. The highest BCUT2D eigenvalue weighted by molar-refractivity contribution is 9.09. The van der Waals surface area contributed by atoms with Crippen LogP contribution in [-0.2, 0) is 0 Å². The van der Waals surface area contributed by atoms with Gasteiger partial charge in [-0.3, -0.25) is 4.98 Å². The van der Waals surface area contributed by atoms with Gasteiger partial charge in [-0.25, -0.2) is 9.18 Å². The fourth-order valence-electron chi connectivity index (χ4n) is 1.98. The quantitative estimate of drug-likeness (QED) is 0.731. The number of aromatic nitrogens is 1. The highest BCUT2D eigenvalue weighted by Crippen LogP contribution is 2.32. The fraction of sp³-hybridized carbons (Fsp3) is 0.0714. The molecular weight excluding hydrogens is 313 g/mol. The first-order valence-electron chi connectivity index (χ1n) is 5.66. The molecule has 0 fully saturated rings. The minimum atomic E-state index is -0.482. The van der Waals surface area contributed by atoms with Gasteiger partial charge in [-0.2, -0.15) is 0 Å². The number of hydrogen-bond acceptors (Lipinski definition) is 2. The maximum atomic E-state index is 13.2. The first-order chi connectivity index (χ1) is 9.13. The summed E-state index contributed by atoms with van der Waals surface area (Å²) in [6, 6.07) is 11.8. The first-order valence-corrected chi connectivity index (χ1v) is 6.57. The molecule has 0 bridgehead atoms. The van der Waals surface area contributed by atoms with Gasteiger partial charge in [0.25, 0.3) is 0 Å². The average Bonchev–Trinajstić information content (AvgIpc) is 2.76. The van der Waals surface area contributed by atoms with E-state index < -0.39 is 5.76 Å². The highest BCUT2D eigenvalue weighted by atomic mass is 79.9. The van der Waals surface area contributed by atoms with Crippen LogP contribution in [0.25, 0.3) is 11.1 Å². The Morgan fingerprint density at radius 2 is 1.95 bits per heavy atom. The Kier molecular flexibility index (Phi) is 2.98. The molecule has 1 aromatic heterocycles. The summed E-state index contributed by atoms with van der Waals surface area (Å²) in [5.74, 6) is -0.764. The molecule has 0 radical (unpaired) electrons. The van der Waals surface area contributed by atoms with Crippen LogP contribution in [0.15, 0.2) is 51.7 Å². The molecule has 0 aliphatic rings. The Labute approximate surface area is 116 Å². The number of aromatic amines is 1. The summed E-state index contributed by atoms with van der Waals surface area (Å²) < 4.78 is 18.2. The molecule has 0 saturated heterocycles. The Bertz CT molecular complexity index is 793. The summed E-state index contributed by atoms with van der Waals surface area (Å²) in [5, 5.41) is 0. The molecule has 1 N–H and O–H groups in total. The lowest BCUT2D eigenvalue weighted by Gasteiger charge is -2.10. The van der Waals surface area contributed by atoms with E-state index in [1.54, 1.807) is 18.2 Å². The van der Waals surface area contributed by atoms with Crippen molar-refractivity contribution < 1.29 is 8.81 Å². The van der Waals surface area contributed by atoms with Crippen LogP contribution < -0.4 is 5.76 Å². The first kappa shape index (κ1) is 12.2. The minimum Gasteiger partial charge on any atom is -0.408 e. The lowest BCUT2D eigenvalue weighted by atomic mass is 10.0. The molecule has 3 rings (SSSR count). The fourth-order valence-corrected chi connectivity index (χ4v) is 2.55. The van der Waals surface area contributed by atoms with Crippen LogP contribution in [0.1, 0.15) is 16.0 Å². The van der Waals surface area contributed by atoms with E-state index in [1.807, 2.05) is 12.1 Å². The lowest BCUT2D eigenvalue weighted by Crippen LogP contribution is -1.93. The lowest BCUT2D eigenvalue weighted by molar-refractivity contribution is 0.555. The third kappa shape index (κ3) is 2.33. The Balaban J connectivity index is 2.05. The van der Waals surface area contributed by atoms with E-state index in [2.05, 4.69) is 20.9 Å². The molecule has 0 aliphatic carbocycles. The van der Waals surface area contributed by atoms with E-state index in [1.165, 1.54) is 12.1 Å². The third-order valence-electron chi connectivity index (χ3n) is 2.88. The van der Waals surface area contributed by atoms with Crippen LogP contribution >= 0.6 is 15.9 Å². The summed E-state index contributed by atoms with van der Waals surface area (Å²) in [6.07, 6.45) is 0. The second kappa shape index (κ2) is 4.66. The van der Waals surface area contributed by atoms with Crippen molar-refractivity contribution in [3.05, 3.63) is 70.0 Å². The van der Waals surface area contributed by atoms with Gasteiger partial charge in [0.15, 0.2) is 5.58 Å². The van der Waals surface area contributed by atoms with Crippen LogP contribution in [0.5, 0.6) is 0 Å². The van der Waals surface area contributed by atoms with Crippen molar-refractivity contribution in [1.82, 2.24) is 4.98 Å². The maximum Gasteiger partial charge on any atom is 0.417 e. The van der Waals surface area contributed by atoms with Crippen molar-refractivity contribution in [2.24, 2.45) is 0 Å². The molecule has 1 heterocycles. The smallest absolute Gasteiger partial charge is 0.408 e. The number of halogens is 2. The molecule has 19 heavy (non-hydrogen) atoms. The molecular formula is C14H9BrFNO2. The number of benzene rings is 2. The predicted octanol–water partition coefficient (Wildman–Crippen LogP) is 3.74. The SMILES string of the molecule is O=c1[nH]c2ccc(C(Br)c3cccc(F)c3)cc2o1. The van der Waals surface area contributed by atoms with E-state index in [0.717, 1.165) is 11.1 Å². The standard InChI is InChI=1S/C14H9BrFNO2/c15-13(8-2-1-3-10(16)6-8)9-4-5-11-12(7-9)19-14(18)17-11/h1-7,13H,(H,17,18). The third-order valence-corrected chi connectivity index (χ3v) is 3.94. The highest BCUT2D eigenvalue weighted by Gasteiger charge is 2.12. The number of nitrogens with one attached hydrogen (secondary N) is 1. The number of hydrogen-bond donors (Lipinski definition) is 1. The molecule has 96 valence electrons. The van der Waals surface area contributed by atoms with Crippen molar-refractivity contribution >= 4 is 27.0 Å². The number of fused-ring (bicyclic) bond motifs is 1. The van der Waals surface area contributed by atoms with Crippen molar-refractivity contribution in [3.8, 4) is 0 Å². The number of H-pyrrole nitrogens is 1. The van der Waals surface area contributed by atoms with E-state index in [0.29, 0.717) is 11.1 Å². The molecule has 0 spiro atoms. The van der Waals surface area contributed by atoms with Gasteiger partial charge in [0.1, 0.15) is 5.82 Å². The average molecular weight is 322 g/mol. The van der Waals surface area contributed by atoms with Crippen LogP contribution in [0, 0.1) is 5.82 Å². The minimum absolute atomic E-state index is 0.159. The summed E-state index contributed by atoms with van der Waals surface area (Å²) >= 11 is 3.52. The van der Waals surface area contributed by atoms with Crippen LogP contribution in [0.2, 0.25) is 0 Å². The maximum absolute atomic E-state index is 13.2. The molecule has 3 aromatic rings. The van der Waals surface area contributed by atoms with Gasteiger partial charge in [0.2, 0.25) is 0 Å². The number of rotatable bonds is 2. The Morgan fingerprint density at radius 1 is 1.16 bits per heavy atom. The number of alkyl halides is 1. The largest absolute Gasteiger partial charge is 0.417 e. The van der Waals surface area contributed by atoms with Crippen molar-refractivity contribution in [3.63, 3.8) is 0 Å². The molecule has 0 aliphatic heterocycles. The van der Waals surface area contributed by atoms with Crippen LogP contribution in [-0.4, -0.2) is 4.98 Å². The molecule has 0 saturated carbocycles.